The minimum atomic E-state index is -0.710. The van der Waals surface area contributed by atoms with Crippen molar-refractivity contribution in [2.75, 3.05) is 40.5 Å². The van der Waals surface area contributed by atoms with E-state index in [0.717, 1.165) is 5.69 Å². The fourth-order valence-electron chi connectivity index (χ4n) is 4.26. The molecule has 2 heterocycles. The number of alkyl carbamates (subject to hydrolysis) is 2. The van der Waals surface area contributed by atoms with E-state index in [1.54, 1.807) is 12.4 Å². The number of nitrogens with one attached hydrogen (secondary N) is 6. The third kappa shape index (κ3) is 12.5. The van der Waals surface area contributed by atoms with Gasteiger partial charge in [0, 0.05) is 30.8 Å². The Balaban J connectivity index is 1.74. The number of amides is 3. The van der Waals surface area contributed by atoms with Crippen LogP contribution in [0.4, 0.5) is 9.59 Å². The molecule has 254 valence electrons. The number of Topliss-reactive ketones (excluding diaryl/α,β-unsaturated/α-hetero) is 1. The van der Waals surface area contributed by atoms with Crippen molar-refractivity contribution in [1.82, 2.24) is 41.2 Å². The number of carbonyl (C=O) groups excluding carboxylic acids is 4. The Morgan fingerprint density at radius 1 is 0.870 bits per heavy atom. The molecule has 0 saturated carbocycles. The molecular weight excluding hydrogens is 596 g/mol. The molecule has 15 nitrogen and oxygen atoms in total. The summed E-state index contributed by atoms with van der Waals surface area (Å²) in [6.07, 6.45) is 2.66. The van der Waals surface area contributed by atoms with Gasteiger partial charge in [-0.15, -0.1) is 0 Å². The zero-order chi connectivity index (χ0) is 34.2. The Hall–Kier alpha value is -4.42. The second-order valence-electron chi connectivity index (χ2n) is 11.5. The van der Waals surface area contributed by atoms with E-state index in [0.29, 0.717) is 36.9 Å². The Kier molecular flexibility index (Phi) is 15.7. The Bertz CT molecular complexity index is 1340. The minimum Gasteiger partial charge on any atom is -0.453 e. The molecule has 6 N–H and O–H groups in total. The zero-order valence-electron chi connectivity index (χ0n) is 27.9. The zero-order valence-corrected chi connectivity index (χ0v) is 27.9. The first-order valence-electron chi connectivity index (χ1n) is 15.2. The highest BCUT2D eigenvalue weighted by Gasteiger charge is 2.26. The predicted octanol–water partition coefficient (Wildman–Crippen LogP) is 1.94. The van der Waals surface area contributed by atoms with Crippen LogP contribution in [0.1, 0.15) is 76.5 Å². The van der Waals surface area contributed by atoms with Gasteiger partial charge in [0.1, 0.15) is 30.0 Å². The number of rotatable bonds is 17. The van der Waals surface area contributed by atoms with Gasteiger partial charge in [-0.25, -0.2) is 19.6 Å². The summed E-state index contributed by atoms with van der Waals surface area (Å²) in [7, 11) is 2.51. The van der Waals surface area contributed by atoms with Crippen LogP contribution < -0.4 is 21.3 Å². The number of ether oxygens (including phenoxy) is 3. The van der Waals surface area contributed by atoms with Gasteiger partial charge >= 0.3 is 12.2 Å². The summed E-state index contributed by atoms with van der Waals surface area (Å²) >= 11 is 0. The third-order valence-electron chi connectivity index (χ3n) is 7.08. The molecule has 46 heavy (non-hydrogen) atoms. The fraction of sp³-hybridized carbons (Fsp3) is 0.613. The molecule has 0 unspecified atom stereocenters. The molecule has 0 aromatic carbocycles. The molecule has 0 aliphatic heterocycles. The van der Waals surface area contributed by atoms with Crippen molar-refractivity contribution < 1.29 is 33.4 Å². The van der Waals surface area contributed by atoms with E-state index in [4.69, 9.17) is 4.74 Å². The number of nitrogens with zero attached hydrogens (tertiary/aromatic N) is 2. The van der Waals surface area contributed by atoms with Crippen molar-refractivity contribution in [3.63, 3.8) is 0 Å². The summed E-state index contributed by atoms with van der Waals surface area (Å²) in [5, 5.41) is 11.1. The molecule has 0 radical (unpaired) electrons. The van der Waals surface area contributed by atoms with Crippen LogP contribution in [-0.4, -0.2) is 96.4 Å². The molecule has 2 aromatic rings. The molecular formula is C31H48N8O7. The monoisotopic (exact) mass is 644 g/mol. The number of aromatic nitrogens is 4. The maximum absolute atomic E-state index is 12.6. The summed E-state index contributed by atoms with van der Waals surface area (Å²) in [5.74, 6) is 6.55. The Labute approximate surface area is 270 Å². The maximum atomic E-state index is 12.6. The molecule has 15 heteroatoms. The van der Waals surface area contributed by atoms with E-state index in [1.807, 2.05) is 41.5 Å². The van der Waals surface area contributed by atoms with Gasteiger partial charge in [-0.1, -0.05) is 40.5 Å². The lowest BCUT2D eigenvalue weighted by molar-refractivity contribution is -0.124. The highest BCUT2D eigenvalue weighted by molar-refractivity contribution is 5.89. The summed E-state index contributed by atoms with van der Waals surface area (Å²) in [4.78, 5) is 63.5. The average Bonchev–Trinajstić information content (AvgIpc) is 3.71. The van der Waals surface area contributed by atoms with Crippen molar-refractivity contribution >= 4 is 23.9 Å². The molecule has 2 rings (SSSR count). The predicted molar refractivity (Wildman–Crippen MR) is 170 cm³/mol. The van der Waals surface area contributed by atoms with E-state index in [2.05, 4.69) is 62.5 Å². The number of ketones is 1. The van der Waals surface area contributed by atoms with Crippen LogP contribution in [0.2, 0.25) is 0 Å². The van der Waals surface area contributed by atoms with Crippen LogP contribution in [0.15, 0.2) is 12.4 Å². The summed E-state index contributed by atoms with van der Waals surface area (Å²) in [5.41, 5.74) is 1.51. The maximum Gasteiger partial charge on any atom is 0.407 e. The lowest BCUT2D eigenvalue weighted by Gasteiger charge is -2.21. The van der Waals surface area contributed by atoms with Gasteiger partial charge in [0.2, 0.25) is 5.91 Å². The second-order valence-corrected chi connectivity index (χ2v) is 11.5. The number of imidazole rings is 2. The molecule has 2 aromatic heterocycles. The van der Waals surface area contributed by atoms with E-state index < -0.39 is 24.3 Å². The third-order valence-corrected chi connectivity index (χ3v) is 7.08. The first kappa shape index (κ1) is 37.8. The van der Waals surface area contributed by atoms with Crippen LogP contribution in [0.25, 0.3) is 0 Å². The summed E-state index contributed by atoms with van der Waals surface area (Å²) < 4.78 is 14.9. The van der Waals surface area contributed by atoms with Crippen molar-refractivity contribution in [1.29, 1.82) is 0 Å². The largest absolute Gasteiger partial charge is 0.453 e. The molecule has 0 saturated heterocycles. The average molecular weight is 645 g/mol. The van der Waals surface area contributed by atoms with Gasteiger partial charge in [0.05, 0.1) is 45.7 Å². The van der Waals surface area contributed by atoms with E-state index >= 15 is 0 Å². The van der Waals surface area contributed by atoms with Crippen molar-refractivity contribution in [3.8, 4) is 11.8 Å². The van der Waals surface area contributed by atoms with E-state index in [-0.39, 0.29) is 48.6 Å². The highest BCUT2D eigenvalue weighted by Crippen LogP contribution is 2.12. The quantitative estimate of drug-likeness (QED) is 0.109. The fourth-order valence-corrected chi connectivity index (χ4v) is 4.26. The minimum absolute atomic E-state index is 0.0635. The molecule has 0 aliphatic carbocycles. The van der Waals surface area contributed by atoms with Gasteiger partial charge in [-0.05, 0) is 24.7 Å². The van der Waals surface area contributed by atoms with Crippen molar-refractivity contribution in [2.24, 2.45) is 11.8 Å². The first-order chi connectivity index (χ1) is 21.9. The number of hydrogen-bond acceptors (Lipinski definition) is 10. The SMILES string of the molecule is COC(=O)N[C@@H](C(=O)CN[C@H](C)c1ncc(CCOCC#Cc2cnc([C@H](C)CNC(=O)[C@H](NC(=O)OC)C(C)C)[nH]2)[nH]1)C(C)C. The topological polar surface area (TPSA) is 201 Å². The number of carbonyl (C=O) groups is 4. The van der Waals surface area contributed by atoms with Crippen molar-refractivity contribution in [2.45, 2.75) is 72.0 Å². The first-order valence-corrected chi connectivity index (χ1v) is 15.2. The summed E-state index contributed by atoms with van der Waals surface area (Å²) in [6, 6.07) is -1.58. The number of hydrogen-bond donors (Lipinski definition) is 6. The van der Waals surface area contributed by atoms with Gasteiger partial charge in [0.15, 0.2) is 5.78 Å². The van der Waals surface area contributed by atoms with Gasteiger partial charge < -0.3 is 45.4 Å². The van der Waals surface area contributed by atoms with Crippen LogP contribution in [0, 0.1) is 23.7 Å². The highest BCUT2D eigenvalue weighted by atomic mass is 16.5. The lowest BCUT2D eigenvalue weighted by Crippen LogP contribution is -2.50. The van der Waals surface area contributed by atoms with E-state index in [9.17, 15) is 19.2 Å². The number of H-pyrrole nitrogens is 2. The van der Waals surface area contributed by atoms with Crippen LogP contribution in [0.5, 0.6) is 0 Å². The Morgan fingerprint density at radius 3 is 2.13 bits per heavy atom. The van der Waals surface area contributed by atoms with Crippen molar-refractivity contribution in [3.05, 3.63) is 35.4 Å². The van der Waals surface area contributed by atoms with Crippen LogP contribution >= 0.6 is 0 Å². The van der Waals surface area contributed by atoms with Crippen LogP contribution in [0.3, 0.4) is 0 Å². The molecule has 0 aliphatic rings. The standard InChI is InChI=1S/C31H48N8O7/c1-18(2)25(38-30(42)44-7)24(40)17-32-21(6)28-34-16-23(37-28)11-13-46-12-9-10-22-15-33-27(36-22)20(5)14-35-29(41)26(19(3)4)39-31(43)45-8/h15-16,18-21,25-26,32H,11-14,17H2,1-8H3,(H,33,36)(H,34,37)(H,35,41)(H,38,42)(H,39,43)/t20-,21-,25-,26-/m1/s1. The summed E-state index contributed by atoms with van der Waals surface area (Å²) in [6.45, 7) is 12.2. The molecule has 0 spiro atoms. The van der Waals surface area contributed by atoms with E-state index in [1.165, 1.54) is 14.2 Å². The number of methoxy groups -OCH3 is 2. The molecule has 4 atom stereocenters. The normalized spacial score (nSPS) is 13.6. The smallest absolute Gasteiger partial charge is 0.407 e. The van der Waals surface area contributed by atoms with Gasteiger partial charge in [-0.3, -0.25) is 9.59 Å². The number of aromatic amines is 2. The molecule has 3 amide bonds. The van der Waals surface area contributed by atoms with Gasteiger partial charge in [-0.2, -0.15) is 0 Å². The Morgan fingerprint density at radius 2 is 1.50 bits per heavy atom. The van der Waals surface area contributed by atoms with Gasteiger partial charge in [0.25, 0.3) is 0 Å². The lowest BCUT2D eigenvalue weighted by atomic mass is 10.00. The van der Waals surface area contributed by atoms with Crippen LogP contribution in [-0.2, 0) is 30.2 Å². The second kappa shape index (κ2) is 19.2. The molecule has 0 bridgehead atoms. The molecule has 0 fully saturated rings.